The quantitative estimate of drug-likeness (QED) is 0.745. The molecule has 0 unspecified atom stereocenters. The lowest BCUT2D eigenvalue weighted by Gasteiger charge is -2.25. The summed E-state index contributed by atoms with van der Waals surface area (Å²) in [4.78, 5) is 12.2. The molecule has 0 bridgehead atoms. The minimum absolute atomic E-state index is 0.127. The van der Waals surface area contributed by atoms with Gasteiger partial charge in [0.25, 0.3) is 5.91 Å². The smallest absolute Gasteiger partial charge is 0.269 e. The highest BCUT2D eigenvalue weighted by Crippen LogP contribution is 2.25. The highest BCUT2D eigenvalue weighted by atomic mass is 16.5. The van der Waals surface area contributed by atoms with Crippen LogP contribution < -0.4 is 15.4 Å². The second-order valence-electron chi connectivity index (χ2n) is 5.78. The first kappa shape index (κ1) is 15.5. The van der Waals surface area contributed by atoms with Crippen LogP contribution in [-0.4, -0.2) is 29.3 Å². The number of benzene rings is 1. The summed E-state index contributed by atoms with van der Waals surface area (Å²) in [6.45, 7) is 1.02. The van der Waals surface area contributed by atoms with Crippen molar-refractivity contribution >= 4 is 5.91 Å². The van der Waals surface area contributed by atoms with Crippen molar-refractivity contribution in [3.8, 4) is 17.0 Å². The molecule has 0 saturated heterocycles. The van der Waals surface area contributed by atoms with Gasteiger partial charge in [0.1, 0.15) is 23.4 Å². The Labute approximate surface area is 144 Å². The minimum atomic E-state index is -0.142. The molecular formula is C18H18N4O3. The second-order valence-corrected chi connectivity index (χ2v) is 5.78. The number of ether oxygens (including phenoxy) is 1. The number of fused-ring (bicyclic) bond motifs is 1. The van der Waals surface area contributed by atoms with Crippen molar-refractivity contribution in [2.45, 2.75) is 12.7 Å². The number of nitrogens with one attached hydrogen (secondary N) is 2. The Bertz CT molecular complexity index is 886. The largest absolute Gasteiger partial charge is 0.497 e. The number of carbonyl (C=O) groups excluding carboxylic acids is 1. The fourth-order valence-electron chi connectivity index (χ4n) is 2.88. The number of hydrogen-bond donors (Lipinski definition) is 2. The van der Waals surface area contributed by atoms with Crippen LogP contribution in [0.4, 0.5) is 0 Å². The summed E-state index contributed by atoms with van der Waals surface area (Å²) in [7, 11) is 1.62. The van der Waals surface area contributed by atoms with Crippen LogP contribution in [-0.2, 0) is 6.54 Å². The van der Waals surface area contributed by atoms with Crippen LogP contribution in [0.1, 0.15) is 22.4 Å². The molecule has 2 aromatic heterocycles. The Morgan fingerprint density at radius 1 is 1.36 bits per heavy atom. The molecule has 7 nitrogen and oxygen atoms in total. The zero-order valence-corrected chi connectivity index (χ0v) is 13.7. The fourth-order valence-corrected chi connectivity index (χ4v) is 2.88. The van der Waals surface area contributed by atoms with Crippen LogP contribution in [0.3, 0.4) is 0 Å². The van der Waals surface area contributed by atoms with Crippen molar-refractivity contribution in [1.29, 1.82) is 0 Å². The SMILES string of the molecule is COc1cccc(-c2cc3n(n2)[C@@H](NCc2ccco2)CNC3=O)c1. The van der Waals surface area contributed by atoms with Crippen molar-refractivity contribution in [2.75, 3.05) is 13.7 Å². The number of methoxy groups -OCH3 is 1. The lowest BCUT2D eigenvalue weighted by Crippen LogP contribution is -2.45. The average molecular weight is 338 g/mol. The molecule has 1 aromatic carbocycles. The van der Waals surface area contributed by atoms with Gasteiger partial charge in [-0.15, -0.1) is 0 Å². The molecule has 3 aromatic rings. The molecule has 1 atom stereocenters. The zero-order valence-electron chi connectivity index (χ0n) is 13.7. The van der Waals surface area contributed by atoms with Gasteiger partial charge in [-0.3, -0.25) is 10.1 Å². The molecule has 4 rings (SSSR count). The second kappa shape index (κ2) is 6.45. The Morgan fingerprint density at radius 3 is 3.08 bits per heavy atom. The van der Waals surface area contributed by atoms with E-state index in [0.717, 1.165) is 22.8 Å². The summed E-state index contributed by atoms with van der Waals surface area (Å²) in [5.74, 6) is 1.46. The number of rotatable bonds is 5. The summed E-state index contributed by atoms with van der Waals surface area (Å²) >= 11 is 0. The Hall–Kier alpha value is -3.06. The van der Waals surface area contributed by atoms with Gasteiger partial charge in [0.15, 0.2) is 0 Å². The van der Waals surface area contributed by atoms with Gasteiger partial charge in [-0.05, 0) is 30.3 Å². The molecule has 1 amide bonds. The molecule has 0 saturated carbocycles. The van der Waals surface area contributed by atoms with Crippen LogP contribution in [0, 0.1) is 0 Å². The highest BCUT2D eigenvalue weighted by molar-refractivity contribution is 5.94. The molecule has 0 radical (unpaired) electrons. The molecule has 3 heterocycles. The maximum absolute atomic E-state index is 12.2. The van der Waals surface area contributed by atoms with Gasteiger partial charge in [-0.2, -0.15) is 5.10 Å². The van der Waals surface area contributed by atoms with Crippen LogP contribution in [0.25, 0.3) is 11.3 Å². The van der Waals surface area contributed by atoms with E-state index in [2.05, 4.69) is 15.7 Å². The van der Waals surface area contributed by atoms with Crippen LogP contribution in [0.2, 0.25) is 0 Å². The molecule has 1 aliphatic rings. The van der Waals surface area contributed by atoms with Gasteiger partial charge in [-0.25, -0.2) is 4.68 Å². The number of amides is 1. The van der Waals surface area contributed by atoms with Crippen molar-refractivity contribution < 1.29 is 13.9 Å². The van der Waals surface area contributed by atoms with Crippen molar-refractivity contribution in [3.05, 3.63) is 60.2 Å². The van der Waals surface area contributed by atoms with Gasteiger partial charge in [0.2, 0.25) is 0 Å². The van der Waals surface area contributed by atoms with Crippen LogP contribution >= 0.6 is 0 Å². The van der Waals surface area contributed by atoms with Crippen molar-refractivity contribution in [1.82, 2.24) is 20.4 Å². The first-order chi connectivity index (χ1) is 12.2. The van der Waals surface area contributed by atoms with E-state index in [9.17, 15) is 4.79 Å². The normalized spacial score (nSPS) is 16.4. The first-order valence-corrected chi connectivity index (χ1v) is 8.02. The number of nitrogens with zero attached hydrogens (tertiary/aromatic N) is 2. The van der Waals surface area contributed by atoms with E-state index in [0.29, 0.717) is 18.8 Å². The van der Waals surface area contributed by atoms with Crippen LogP contribution in [0.15, 0.2) is 53.1 Å². The Balaban J connectivity index is 1.62. The number of carbonyl (C=O) groups is 1. The fraction of sp³-hybridized carbons (Fsp3) is 0.222. The van der Waals surface area contributed by atoms with Gasteiger partial charge >= 0.3 is 0 Å². The number of aromatic nitrogens is 2. The summed E-state index contributed by atoms with van der Waals surface area (Å²) in [6, 6.07) is 13.2. The van der Waals surface area contributed by atoms with E-state index >= 15 is 0 Å². The predicted molar refractivity (Wildman–Crippen MR) is 91.1 cm³/mol. The molecule has 7 heteroatoms. The molecule has 1 aliphatic heterocycles. The number of hydrogen-bond acceptors (Lipinski definition) is 5. The van der Waals surface area contributed by atoms with E-state index in [1.807, 2.05) is 36.4 Å². The molecule has 0 aliphatic carbocycles. The van der Waals surface area contributed by atoms with Crippen LogP contribution in [0.5, 0.6) is 5.75 Å². The molecule has 2 N–H and O–H groups in total. The average Bonchev–Trinajstić information content (AvgIpc) is 3.31. The first-order valence-electron chi connectivity index (χ1n) is 8.02. The van der Waals surface area contributed by atoms with E-state index < -0.39 is 0 Å². The van der Waals surface area contributed by atoms with Gasteiger partial charge in [0, 0.05) is 5.56 Å². The predicted octanol–water partition coefficient (Wildman–Crippen LogP) is 2.18. The van der Waals surface area contributed by atoms with Gasteiger partial charge < -0.3 is 14.5 Å². The number of furan rings is 1. The maximum Gasteiger partial charge on any atom is 0.269 e. The molecule has 25 heavy (non-hydrogen) atoms. The van der Waals surface area contributed by atoms with Gasteiger partial charge in [0.05, 0.1) is 32.2 Å². The van der Waals surface area contributed by atoms with E-state index in [4.69, 9.17) is 9.15 Å². The van der Waals surface area contributed by atoms with E-state index in [1.54, 1.807) is 24.1 Å². The topological polar surface area (TPSA) is 81.3 Å². The minimum Gasteiger partial charge on any atom is -0.497 e. The third-order valence-electron chi connectivity index (χ3n) is 4.18. The van der Waals surface area contributed by atoms with Gasteiger partial charge in [-0.1, -0.05) is 12.1 Å². The van der Waals surface area contributed by atoms with E-state index in [-0.39, 0.29) is 12.1 Å². The van der Waals surface area contributed by atoms with Crippen molar-refractivity contribution in [2.24, 2.45) is 0 Å². The highest BCUT2D eigenvalue weighted by Gasteiger charge is 2.27. The summed E-state index contributed by atoms with van der Waals surface area (Å²) in [6.07, 6.45) is 1.50. The lowest BCUT2D eigenvalue weighted by atomic mass is 10.1. The zero-order chi connectivity index (χ0) is 17.2. The Kier molecular flexibility index (Phi) is 3.99. The summed E-state index contributed by atoms with van der Waals surface area (Å²) in [5, 5.41) is 10.9. The molecule has 0 spiro atoms. The standard InChI is InChI=1S/C18H18N4O3/c1-24-13-5-2-4-12(8-13)15-9-16-18(23)20-11-17(22(16)21-15)19-10-14-6-3-7-25-14/h2-9,17,19H,10-11H2,1H3,(H,20,23)/t17-/m1/s1. The summed E-state index contributed by atoms with van der Waals surface area (Å²) < 4.78 is 12.3. The summed E-state index contributed by atoms with van der Waals surface area (Å²) in [5.41, 5.74) is 2.16. The third-order valence-corrected chi connectivity index (χ3v) is 4.18. The van der Waals surface area contributed by atoms with Crippen molar-refractivity contribution in [3.63, 3.8) is 0 Å². The third kappa shape index (κ3) is 3.01. The molecule has 128 valence electrons. The monoisotopic (exact) mass is 338 g/mol. The molecular weight excluding hydrogens is 320 g/mol. The van der Waals surface area contributed by atoms with E-state index in [1.165, 1.54) is 0 Å². The Morgan fingerprint density at radius 2 is 2.28 bits per heavy atom. The molecule has 0 fully saturated rings. The maximum atomic E-state index is 12.2. The lowest BCUT2D eigenvalue weighted by molar-refractivity contribution is 0.0899.